The maximum atomic E-state index is 11.6. The van der Waals surface area contributed by atoms with Crippen LogP contribution >= 0.6 is 23.7 Å². The van der Waals surface area contributed by atoms with Crippen molar-refractivity contribution in [1.29, 1.82) is 0 Å². The van der Waals surface area contributed by atoms with Gasteiger partial charge in [0.15, 0.2) is 0 Å². The minimum Gasteiger partial charge on any atom is -0.383 e. The Bertz CT molecular complexity index is 565. The third kappa shape index (κ3) is 6.07. The molecule has 0 fully saturated rings. The van der Waals surface area contributed by atoms with E-state index in [0.717, 1.165) is 15.6 Å². The van der Waals surface area contributed by atoms with Crippen molar-refractivity contribution in [3.8, 4) is 10.6 Å². The molecule has 0 saturated carbocycles. The van der Waals surface area contributed by atoms with Gasteiger partial charge in [0, 0.05) is 19.2 Å². The predicted octanol–water partition coefficient (Wildman–Crippen LogP) is 1.48. The number of aromatic nitrogens is 2. The van der Waals surface area contributed by atoms with Gasteiger partial charge in [0.05, 0.1) is 19.7 Å². The Hall–Kier alpha value is -1.54. The highest BCUT2D eigenvalue weighted by Gasteiger charge is 2.07. The first kappa shape index (κ1) is 18.5. The standard InChI is InChI=1S/C14H18N4O2S.ClH/c1-20-8-7-15-9-12(19)16-10-13-17-18-14(21-13)11-5-3-2-4-6-11;/h2-6,15H,7-10H2,1H3,(H,16,19);1H. The maximum absolute atomic E-state index is 11.6. The van der Waals surface area contributed by atoms with Crippen molar-refractivity contribution in [3.05, 3.63) is 35.3 Å². The molecule has 22 heavy (non-hydrogen) atoms. The van der Waals surface area contributed by atoms with Crippen molar-refractivity contribution in [2.24, 2.45) is 0 Å². The van der Waals surface area contributed by atoms with Crippen molar-refractivity contribution in [1.82, 2.24) is 20.8 Å². The fourth-order valence-corrected chi connectivity index (χ4v) is 2.42. The summed E-state index contributed by atoms with van der Waals surface area (Å²) >= 11 is 1.48. The fraction of sp³-hybridized carbons (Fsp3) is 0.357. The van der Waals surface area contributed by atoms with E-state index in [1.807, 2.05) is 30.3 Å². The van der Waals surface area contributed by atoms with Crippen molar-refractivity contribution >= 4 is 29.7 Å². The lowest BCUT2D eigenvalue weighted by Gasteiger charge is -2.04. The highest BCUT2D eigenvalue weighted by molar-refractivity contribution is 7.14. The molecule has 0 aliphatic rings. The number of nitrogens with one attached hydrogen (secondary N) is 2. The van der Waals surface area contributed by atoms with Crippen LogP contribution in [0.3, 0.4) is 0 Å². The molecule has 0 saturated heterocycles. The summed E-state index contributed by atoms with van der Waals surface area (Å²) in [7, 11) is 1.63. The van der Waals surface area contributed by atoms with E-state index < -0.39 is 0 Å². The van der Waals surface area contributed by atoms with Gasteiger partial charge in [-0.05, 0) is 0 Å². The van der Waals surface area contributed by atoms with Gasteiger partial charge in [-0.3, -0.25) is 4.79 Å². The molecule has 0 spiro atoms. The Kier molecular flexibility index (Phi) is 8.61. The molecule has 0 radical (unpaired) electrons. The largest absolute Gasteiger partial charge is 0.383 e. The number of amides is 1. The summed E-state index contributed by atoms with van der Waals surface area (Å²) in [5.41, 5.74) is 1.04. The normalized spacial score (nSPS) is 10.0. The third-order valence-corrected chi connectivity index (χ3v) is 3.67. The monoisotopic (exact) mass is 342 g/mol. The van der Waals surface area contributed by atoms with E-state index in [0.29, 0.717) is 19.7 Å². The summed E-state index contributed by atoms with van der Waals surface area (Å²) in [4.78, 5) is 11.6. The van der Waals surface area contributed by atoms with Gasteiger partial charge in [0.2, 0.25) is 5.91 Å². The van der Waals surface area contributed by atoms with Gasteiger partial charge < -0.3 is 15.4 Å². The number of halogens is 1. The summed E-state index contributed by atoms with van der Waals surface area (Å²) in [5, 5.41) is 15.7. The second kappa shape index (κ2) is 10.2. The van der Waals surface area contributed by atoms with Crippen LogP contribution in [0.4, 0.5) is 0 Å². The summed E-state index contributed by atoms with van der Waals surface area (Å²) in [6.45, 7) is 1.91. The van der Waals surface area contributed by atoms with Crippen LogP contribution < -0.4 is 10.6 Å². The average molecular weight is 343 g/mol. The molecule has 1 heterocycles. The topological polar surface area (TPSA) is 76.1 Å². The number of carbonyl (C=O) groups is 1. The second-order valence-electron chi connectivity index (χ2n) is 4.31. The molecule has 0 aliphatic heterocycles. The van der Waals surface area contributed by atoms with E-state index >= 15 is 0 Å². The van der Waals surface area contributed by atoms with Crippen LogP contribution in [0.25, 0.3) is 10.6 Å². The summed E-state index contributed by atoms with van der Waals surface area (Å²) in [6, 6.07) is 9.86. The Balaban J connectivity index is 0.00000242. The smallest absolute Gasteiger partial charge is 0.234 e. The molecular formula is C14H19ClN4O2S. The highest BCUT2D eigenvalue weighted by Crippen LogP contribution is 2.22. The number of methoxy groups -OCH3 is 1. The zero-order valence-corrected chi connectivity index (χ0v) is 13.9. The van der Waals surface area contributed by atoms with E-state index in [9.17, 15) is 4.79 Å². The van der Waals surface area contributed by atoms with Gasteiger partial charge in [0.25, 0.3) is 0 Å². The van der Waals surface area contributed by atoms with Crippen LogP contribution in [-0.2, 0) is 16.1 Å². The molecule has 2 aromatic rings. The summed E-state index contributed by atoms with van der Waals surface area (Å²) in [6.07, 6.45) is 0. The molecule has 1 aromatic carbocycles. The molecule has 120 valence electrons. The zero-order chi connectivity index (χ0) is 14.9. The zero-order valence-electron chi connectivity index (χ0n) is 12.2. The van der Waals surface area contributed by atoms with E-state index in [1.165, 1.54) is 11.3 Å². The minimum absolute atomic E-state index is 0. The minimum atomic E-state index is -0.0671. The molecule has 0 atom stereocenters. The molecule has 0 unspecified atom stereocenters. The number of carbonyl (C=O) groups excluding carboxylic acids is 1. The van der Waals surface area contributed by atoms with Crippen LogP contribution in [0.2, 0.25) is 0 Å². The van der Waals surface area contributed by atoms with Gasteiger partial charge in [0.1, 0.15) is 10.0 Å². The van der Waals surface area contributed by atoms with Gasteiger partial charge in [-0.25, -0.2) is 0 Å². The SMILES string of the molecule is COCCNCC(=O)NCc1nnc(-c2ccccc2)s1.Cl. The molecular weight excluding hydrogens is 324 g/mol. The summed E-state index contributed by atoms with van der Waals surface area (Å²) < 4.78 is 4.89. The predicted molar refractivity (Wildman–Crippen MR) is 89.2 cm³/mol. The molecule has 1 amide bonds. The average Bonchev–Trinajstić information content (AvgIpc) is 2.99. The van der Waals surface area contributed by atoms with Gasteiger partial charge in [-0.1, -0.05) is 41.7 Å². The van der Waals surface area contributed by atoms with Crippen molar-refractivity contribution in [3.63, 3.8) is 0 Å². The number of hydrogen-bond donors (Lipinski definition) is 2. The highest BCUT2D eigenvalue weighted by atomic mass is 35.5. The number of rotatable bonds is 8. The number of benzene rings is 1. The molecule has 1 aromatic heterocycles. The van der Waals surface area contributed by atoms with Crippen molar-refractivity contribution in [2.45, 2.75) is 6.54 Å². The number of hydrogen-bond acceptors (Lipinski definition) is 6. The first-order chi connectivity index (χ1) is 10.3. The van der Waals surface area contributed by atoms with Crippen molar-refractivity contribution < 1.29 is 9.53 Å². The molecule has 0 aliphatic carbocycles. The van der Waals surface area contributed by atoms with E-state index in [-0.39, 0.29) is 24.9 Å². The van der Waals surface area contributed by atoms with Crippen LogP contribution in [0.15, 0.2) is 30.3 Å². The number of nitrogens with zero attached hydrogens (tertiary/aromatic N) is 2. The lowest BCUT2D eigenvalue weighted by atomic mass is 10.2. The molecule has 8 heteroatoms. The lowest BCUT2D eigenvalue weighted by molar-refractivity contribution is -0.120. The number of ether oxygens (including phenoxy) is 1. The maximum Gasteiger partial charge on any atom is 0.234 e. The van der Waals surface area contributed by atoms with E-state index in [1.54, 1.807) is 7.11 Å². The fourth-order valence-electron chi connectivity index (χ4n) is 1.64. The Labute approximate surface area is 139 Å². The van der Waals surface area contributed by atoms with Gasteiger partial charge >= 0.3 is 0 Å². The second-order valence-corrected chi connectivity index (χ2v) is 5.38. The van der Waals surface area contributed by atoms with Crippen LogP contribution in [0.5, 0.6) is 0 Å². The molecule has 6 nitrogen and oxygen atoms in total. The third-order valence-electron chi connectivity index (χ3n) is 2.69. The first-order valence-electron chi connectivity index (χ1n) is 6.63. The van der Waals surface area contributed by atoms with E-state index in [4.69, 9.17) is 4.74 Å². The molecule has 0 bridgehead atoms. The Morgan fingerprint density at radius 2 is 2.05 bits per heavy atom. The van der Waals surface area contributed by atoms with Crippen LogP contribution in [0.1, 0.15) is 5.01 Å². The Morgan fingerprint density at radius 1 is 1.27 bits per heavy atom. The quantitative estimate of drug-likeness (QED) is 0.711. The summed E-state index contributed by atoms with van der Waals surface area (Å²) in [5.74, 6) is -0.0671. The first-order valence-corrected chi connectivity index (χ1v) is 7.45. The van der Waals surface area contributed by atoms with E-state index in [2.05, 4.69) is 20.8 Å². The lowest BCUT2D eigenvalue weighted by Crippen LogP contribution is -2.34. The van der Waals surface area contributed by atoms with Crippen LogP contribution in [0, 0.1) is 0 Å². The Morgan fingerprint density at radius 3 is 2.77 bits per heavy atom. The van der Waals surface area contributed by atoms with Crippen LogP contribution in [-0.4, -0.2) is 42.9 Å². The van der Waals surface area contributed by atoms with Gasteiger partial charge in [-0.2, -0.15) is 0 Å². The molecule has 2 N–H and O–H groups in total. The molecule has 2 rings (SSSR count). The van der Waals surface area contributed by atoms with Gasteiger partial charge in [-0.15, -0.1) is 22.6 Å². The van der Waals surface area contributed by atoms with Crippen molar-refractivity contribution in [2.75, 3.05) is 26.8 Å².